The van der Waals surface area contributed by atoms with Crippen molar-refractivity contribution in [3.63, 3.8) is 0 Å². The van der Waals surface area contributed by atoms with E-state index in [2.05, 4.69) is 58.1 Å². The highest BCUT2D eigenvalue weighted by Crippen LogP contribution is 2.25. The lowest BCUT2D eigenvalue weighted by Crippen LogP contribution is -2.28. The van der Waals surface area contributed by atoms with Crippen molar-refractivity contribution in [2.24, 2.45) is 5.92 Å². The first kappa shape index (κ1) is 14.6. The Morgan fingerprint density at radius 1 is 1.18 bits per heavy atom. The van der Waals surface area contributed by atoms with Gasteiger partial charge in [-0.15, -0.1) is 11.8 Å². The maximum absolute atomic E-state index is 3.49. The van der Waals surface area contributed by atoms with E-state index in [1.807, 2.05) is 11.8 Å². The molecule has 0 aliphatic carbocycles. The van der Waals surface area contributed by atoms with Gasteiger partial charge in [-0.3, -0.25) is 0 Å². The molecule has 17 heavy (non-hydrogen) atoms. The minimum absolute atomic E-state index is 0.586. The second-order valence-corrected chi connectivity index (χ2v) is 6.31. The normalized spacial score (nSPS) is 13.1. The minimum atomic E-state index is 0.586. The van der Waals surface area contributed by atoms with Gasteiger partial charge < -0.3 is 5.32 Å². The summed E-state index contributed by atoms with van der Waals surface area (Å²) in [4.78, 5) is 1.43. The van der Waals surface area contributed by atoms with Crippen LogP contribution in [0, 0.1) is 19.8 Å². The molecule has 0 saturated carbocycles. The van der Waals surface area contributed by atoms with Gasteiger partial charge in [-0.2, -0.15) is 0 Å². The van der Waals surface area contributed by atoms with Crippen LogP contribution in [0.2, 0.25) is 0 Å². The number of aryl methyl sites for hydroxylation is 2. The van der Waals surface area contributed by atoms with Crippen molar-refractivity contribution in [3.05, 3.63) is 29.3 Å². The van der Waals surface area contributed by atoms with Gasteiger partial charge in [0.2, 0.25) is 0 Å². The first-order chi connectivity index (χ1) is 7.99. The molecule has 0 aliphatic heterocycles. The molecular formula is C15H25NS. The van der Waals surface area contributed by atoms with Gasteiger partial charge in [0.15, 0.2) is 0 Å². The molecule has 0 spiro atoms. The van der Waals surface area contributed by atoms with Crippen molar-refractivity contribution >= 4 is 11.8 Å². The van der Waals surface area contributed by atoms with Crippen LogP contribution in [0.5, 0.6) is 0 Å². The molecule has 0 amide bonds. The summed E-state index contributed by atoms with van der Waals surface area (Å²) in [5, 5.41) is 3.49. The van der Waals surface area contributed by atoms with E-state index in [4.69, 9.17) is 0 Å². The molecule has 0 heterocycles. The lowest BCUT2D eigenvalue weighted by atomic mass is 10.2. The summed E-state index contributed by atoms with van der Waals surface area (Å²) in [5.41, 5.74) is 2.75. The molecule has 1 aromatic rings. The molecule has 96 valence electrons. The molecule has 0 bridgehead atoms. The van der Waals surface area contributed by atoms with Crippen LogP contribution in [0.4, 0.5) is 0 Å². The van der Waals surface area contributed by atoms with Gasteiger partial charge in [-0.1, -0.05) is 38.5 Å². The molecule has 1 N–H and O–H groups in total. The molecule has 0 aromatic heterocycles. The highest BCUT2D eigenvalue weighted by Gasteiger charge is 2.05. The number of hydrogen-bond acceptors (Lipinski definition) is 2. The van der Waals surface area contributed by atoms with Crippen LogP contribution in [-0.2, 0) is 0 Å². The van der Waals surface area contributed by atoms with E-state index >= 15 is 0 Å². The van der Waals surface area contributed by atoms with Crippen LogP contribution < -0.4 is 5.32 Å². The highest BCUT2D eigenvalue weighted by molar-refractivity contribution is 7.99. The smallest absolute Gasteiger partial charge is 0.0104 e. The lowest BCUT2D eigenvalue weighted by Gasteiger charge is -2.15. The van der Waals surface area contributed by atoms with E-state index in [1.54, 1.807) is 0 Å². The number of nitrogens with one attached hydrogen (secondary N) is 1. The van der Waals surface area contributed by atoms with Crippen LogP contribution in [-0.4, -0.2) is 18.3 Å². The Kier molecular flexibility index (Phi) is 6.07. The zero-order valence-corrected chi connectivity index (χ0v) is 12.5. The van der Waals surface area contributed by atoms with Gasteiger partial charge in [0.25, 0.3) is 0 Å². The molecule has 2 heteroatoms. The van der Waals surface area contributed by atoms with Crippen molar-refractivity contribution in [1.82, 2.24) is 5.32 Å². The van der Waals surface area contributed by atoms with Crippen LogP contribution in [0.25, 0.3) is 0 Å². The Labute approximate surface area is 110 Å². The average Bonchev–Trinajstić information content (AvgIpc) is 2.27. The number of rotatable bonds is 6. The van der Waals surface area contributed by atoms with Gasteiger partial charge in [0, 0.05) is 16.7 Å². The van der Waals surface area contributed by atoms with E-state index in [9.17, 15) is 0 Å². The van der Waals surface area contributed by atoms with Crippen LogP contribution in [0.15, 0.2) is 23.1 Å². The summed E-state index contributed by atoms with van der Waals surface area (Å²) in [5.74, 6) is 1.90. The van der Waals surface area contributed by atoms with E-state index in [1.165, 1.54) is 21.8 Å². The Bertz CT molecular complexity index is 347. The van der Waals surface area contributed by atoms with E-state index < -0.39 is 0 Å². The standard InChI is InChI=1S/C15H25NS/c1-11(2)16-9-13(4)10-17-15-8-12(3)6-7-14(15)5/h6-8,11,13,16H,9-10H2,1-5H3. The fraction of sp³-hybridized carbons (Fsp3) is 0.600. The predicted octanol–water partition coefficient (Wildman–Crippen LogP) is 4.03. The second-order valence-electron chi connectivity index (χ2n) is 5.25. The number of thioether (sulfide) groups is 1. The van der Waals surface area contributed by atoms with Gasteiger partial charge in [0.1, 0.15) is 0 Å². The second kappa shape index (κ2) is 7.07. The van der Waals surface area contributed by atoms with Crippen molar-refractivity contribution in [1.29, 1.82) is 0 Å². The minimum Gasteiger partial charge on any atom is -0.314 e. The van der Waals surface area contributed by atoms with Crippen LogP contribution in [0.3, 0.4) is 0 Å². The summed E-state index contributed by atoms with van der Waals surface area (Å²) in [6.45, 7) is 12.2. The fourth-order valence-corrected chi connectivity index (χ4v) is 2.74. The SMILES string of the molecule is Cc1ccc(C)c(SCC(C)CNC(C)C)c1. The molecule has 1 aromatic carbocycles. The quantitative estimate of drug-likeness (QED) is 0.766. The summed E-state index contributed by atoms with van der Waals surface area (Å²) >= 11 is 1.98. The van der Waals surface area contributed by atoms with Gasteiger partial charge >= 0.3 is 0 Å². The lowest BCUT2D eigenvalue weighted by molar-refractivity contribution is 0.510. The van der Waals surface area contributed by atoms with E-state index in [0.29, 0.717) is 12.0 Å². The maximum atomic E-state index is 3.49. The third kappa shape index (κ3) is 5.60. The molecular weight excluding hydrogens is 226 g/mol. The third-order valence-electron chi connectivity index (χ3n) is 2.74. The topological polar surface area (TPSA) is 12.0 Å². The highest BCUT2D eigenvalue weighted by atomic mass is 32.2. The first-order valence-electron chi connectivity index (χ1n) is 6.42. The predicted molar refractivity (Wildman–Crippen MR) is 78.9 cm³/mol. The molecule has 1 unspecified atom stereocenters. The molecule has 1 rings (SSSR count). The van der Waals surface area contributed by atoms with E-state index in [-0.39, 0.29) is 0 Å². The van der Waals surface area contributed by atoms with Crippen LogP contribution in [0.1, 0.15) is 31.9 Å². The van der Waals surface area contributed by atoms with Gasteiger partial charge in [0.05, 0.1) is 0 Å². The average molecular weight is 251 g/mol. The largest absolute Gasteiger partial charge is 0.314 e. The summed E-state index contributed by atoms with van der Waals surface area (Å²) in [7, 11) is 0. The Morgan fingerprint density at radius 2 is 1.88 bits per heavy atom. The van der Waals surface area contributed by atoms with Crippen LogP contribution >= 0.6 is 11.8 Å². The first-order valence-corrected chi connectivity index (χ1v) is 7.41. The summed E-state index contributed by atoms with van der Waals surface area (Å²) < 4.78 is 0. The fourth-order valence-electron chi connectivity index (χ4n) is 1.59. The zero-order chi connectivity index (χ0) is 12.8. The Morgan fingerprint density at radius 3 is 2.53 bits per heavy atom. The van der Waals surface area contributed by atoms with Crippen molar-refractivity contribution in [2.45, 2.75) is 45.6 Å². The number of hydrogen-bond donors (Lipinski definition) is 1. The Hall–Kier alpha value is -0.470. The van der Waals surface area contributed by atoms with Crippen molar-refractivity contribution < 1.29 is 0 Å². The zero-order valence-electron chi connectivity index (χ0n) is 11.7. The maximum Gasteiger partial charge on any atom is 0.0104 e. The molecule has 0 radical (unpaired) electrons. The third-order valence-corrected chi connectivity index (χ3v) is 4.23. The summed E-state index contributed by atoms with van der Waals surface area (Å²) in [6.07, 6.45) is 0. The monoisotopic (exact) mass is 251 g/mol. The van der Waals surface area contributed by atoms with E-state index in [0.717, 1.165) is 6.54 Å². The Balaban J connectivity index is 2.41. The van der Waals surface area contributed by atoms with Gasteiger partial charge in [-0.05, 0) is 37.9 Å². The molecule has 0 fully saturated rings. The van der Waals surface area contributed by atoms with Gasteiger partial charge in [-0.25, -0.2) is 0 Å². The summed E-state index contributed by atoms with van der Waals surface area (Å²) in [6, 6.07) is 7.28. The molecule has 0 aliphatic rings. The molecule has 0 saturated heterocycles. The molecule has 1 nitrogen and oxygen atoms in total. The number of benzene rings is 1. The van der Waals surface area contributed by atoms with Crippen molar-refractivity contribution in [3.8, 4) is 0 Å². The van der Waals surface area contributed by atoms with Crippen molar-refractivity contribution in [2.75, 3.05) is 12.3 Å². The molecule has 1 atom stereocenters.